The fraction of sp³-hybridized carbons (Fsp3) is 0.455. The Morgan fingerprint density at radius 3 is 3.06 bits per heavy atom. The predicted molar refractivity (Wildman–Crippen MR) is 65.3 cm³/mol. The molecule has 1 aromatic heterocycles. The van der Waals surface area contributed by atoms with E-state index in [2.05, 4.69) is 10.3 Å². The van der Waals surface area contributed by atoms with Crippen molar-refractivity contribution in [3.63, 3.8) is 0 Å². The first-order valence-electron chi connectivity index (χ1n) is 5.42. The van der Waals surface area contributed by atoms with Crippen molar-refractivity contribution in [1.82, 2.24) is 9.88 Å². The molecule has 0 saturated carbocycles. The minimum absolute atomic E-state index is 0.162. The number of aliphatic hydroxyl groups is 1. The van der Waals surface area contributed by atoms with Crippen molar-refractivity contribution in [2.24, 2.45) is 0 Å². The summed E-state index contributed by atoms with van der Waals surface area (Å²) in [4.78, 5) is 17.8. The monoisotopic (exact) mass is 255 g/mol. The van der Waals surface area contributed by atoms with Crippen LogP contribution in [0.2, 0.25) is 5.02 Å². The molecule has 1 unspecified atom stereocenters. The minimum Gasteiger partial charge on any atom is -0.391 e. The molecule has 2 rings (SSSR count). The third kappa shape index (κ3) is 2.50. The Morgan fingerprint density at radius 2 is 2.47 bits per heavy atom. The summed E-state index contributed by atoms with van der Waals surface area (Å²) in [6, 6.07) is 1.62. The summed E-state index contributed by atoms with van der Waals surface area (Å²) >= 11 is 5.96. The van der Waals surface area contributed by atoms with Crippen LogP contribution in [-0.2, 0) is 0 Å². The Kier molecular flexibility index (Phi) is 3.49. The molecule has 1 aliphatic rings. The highest BCUT2D eigenvalue weighted by Crippen LogP contribution is 2.21. The fourth-order valence-corrected chi connectivity index (χ4v) is 2.02. The Morgan fingerprint density at radius 1 is 1.71 bits per heavy atom. The molecule has 6 heteroatoms. The predicted octanol–water partition coefficient (Wildman–Crippen LogP) is 0.983. The van der Waals surface area contributed by atoms with Crippen LogP contribution in [-0.4, -0.2) is 47.1 Å². The zero-order valence-corrected chi connectivity index (χ0v) is 10.2. The standard InChI is InChI=1S/C11H14ClN3O2/c1-13-10-4-8(9(12)5-14-10)11(17)15-3-2-7(16)6-15/h4-5,7,16H,2-3,6H2,1H3,(H,13,14). The summed E-state index contributed by atoms with van der Waals surface area (Å²) in [7, 11) is 1.73. The molecule has 0 aromatic carbocycles. The van der Waals surface area contributed by atoms with Gasteiger partial charge in [0.15, 0.2) is 0 Å². The maximum atomic E-state index is 12.2. The molecule has 1 fully saturated rings. The average Bonchev–Trinajstić information content (AvgIpc) is 2.76. The molecule has 17 heavy (non-hydrogen) atoms. The first-order valence-corrected chi connectivity index (χ1v) is 5.80. The molecule has 92 valence electrons. The molecule has 0 radical (unpaired) electrons. The Hall–Kier alpha value is -1.33. The molecule has 5 nitrogen and oxygen atoms in total. The topological polar surface area (TPSA) is 65.5 Å². The van der Waals surface area contributed by atoms with Gasteiger partial charge in [-0.1, -0.05) is 11.6 Å². The summed E-state index contributed by atoms with van der Waals surface area (Å²) < 4.78 is 0. The van der Waals surface area contributed by atoms with E-state index in [-0.39, 0.29) is 5.91 Å². The zero-order valence-electron chi connectivity index (χ0n) is 9.48. The number of carbonyl (C=O) groups excluding carboxylic acids is 1. The van der Waals surface area contributed by atoms with Crippen molar-refractivity contribution in [1.29, 1.82) is 0 Å². The first kappa shape index (κ1) is 12.1. The number of likely N-dealkylation sites (tertiary alicyclic amines) is 1. The molecule has 0 aliphatic carbocycles. The van der Waals surface area contributed by atoms with E-state index < -0.39 is 6.10 Å². The van der Waals surface area contributed by atoms with Crippen LogP contribution in [0.1, 0.15) is 16.8 Å². The number of hydrogen-bond acceptors (Lipinski definition) is 4. The highest BCUT2D eigenvalue weighted by molar-refractivity contribution is 6.33. The van der Waals surface area contributed by atoms with Gasteiger partial charge < -0.3 is 15.3 Å². The van der Waals surface area contributed by atoms with Gasteiger partial charge in [0, 0.05) is 26.3 Å². The molecule has 1 aromatic rings. The molecule has 0 bridgehead atoms. The van der Waals surface area contributed by atoms with Gasteiger partial charge in [0.2, 0.25) is 0 Å². The lowest BCUT2D eigenvalue weighted by Gasteiger charge is -2.16. The van der Waals surface area contributed by atoms with Gasteiger partial charge in [-0.3, -0.25) is 4.79 Å². The van der Waals surface area contributed by atoms with Gasteiger partial charge >= 0.3 is 0 Å². The van der Waals surface area contributed by atoms with E-state index in [4.69, 9.17) is 11.6 Å². The number of anilines is 1. The van der Waals surface area contributed by atoms with Gasteiger partial charge in [-0.15, -0.1) is 0 Å². The van der Waals surface area contributed by atoms with Crippen molar-refractivity contribution in [2.45, 2.75) is 12.5 Å². The number of β-amino-alcohol motifs (C(OH)–C–C–N with tert-alkyl or cyclic N) is 1. The molecular formula is C11H14ClN3O2. The van der Waals surface area contributed by atoms with Gasteiger partial charge in [0.25, 0.3) is 5.91 Å². The van der Waals surface area contributed by atoms with Gasteiger partial charge in [0.05, 0.1) is 16.7 Å². The third-order valence-corrected chi connectivity index (χ3v) is 3.09. The van der Waals surface area contributed by atoms with Crippen LogP contribution < -0.4 is 5.32 Å². The number of hydrogen-bond donors (Lipinski definition) is 2. The third-order valence-electron chi connectivity index (χ3n) is 2.79. The molecule has 1 atom stereocenters. The Labute approximate surface area is 104 Å². The highest BCUT2D eigenvalue weighted by Gasteiger charge is 2.26. The smallest absolute Gasteiger partial charge is 0.255 e. The molecule has 1 saturated heterocycles. The second kappa shape index (κ2) is 4.89. The van der Waals surface area contributed by atoms with Crippen LogP contribution in [0.3, 0.4) is 0 Å². The van der Waals surface area contributed by atoms with E-state index in [0.717, 1.165) is 0 Å². The molecule has 1 amide bonds. The van der Waals surface area contributed by atoms with E-state index in [1.807, 2.05) is 0 Å². The second-order valence-corrected chi connectivity index (χ2v) is 4.40. The van der Waals surface area contributed by atoms with Gasteiger partial charge in [-0.2, -0.15) is 0 Å². The van der Waals surface area contributed by atoms with E-state index in [9.17, 15) is 9.90 Å². The van der Waals surface area contributed by atoms with Crippen LogP contribution in [0.4, 0.5) is 5.82 Å². The van der Waals surface area contributed by atoms with E-state index in [1.165, 1.54) is 6.20 Å². The summed E-state index contributed by atoms with van der Waals surface area (Å²) in [5.74, 6) is 0.433. The normalized spacial score (nSPS) is 19.5. The fourth-order valence-electron chi connectivity index (χ4n) is 1.84. The minimum atomic E-state index is -0.427. The molecule has 2 N–H and O–H groups in total. The Bertz CT molecular complexity index is 439. The number of nitrogens with one attached hydrogen (secondary N) is 1. The average molecular weight is 256 g/mol. The van der Waals surface area contributed by atoms with Crippen molar-refractivity contribution >= 4 is 23.3 Å². The maximum absolute atomic E-state index is 12.2. The molecule has 0 spiro atoms. The molecule has 2 heterocycles. The largest absolute Gasteiger partial charge is 0.391 e. The number of halogens is 1. The van der Waals surface area contributed by atoms with Gasteiger partial charge in [-0.25, -0.2) is 4.98 Å². The van der Waals surface area contributed by atoms with Crippen LogP contribution >= 0.6 is 11.6 Å². The van der Waals surface area contributed by atoms with Gasteiger partial charge in [0.1, 0.15) is 5.82 Å². The van der Waals surface area contributed by atoms with Crippen LogP contribution in [0.15, 0.2) is 12.3 Å². The first-order chi connectivity index (χ1) is 8.11. The van der Waals surface area contributed by atoms with E-state index >= 15 is 0 Å². The van der Waals surface area contributed by atoms with E-state index in [1.54, 1.807) is 18.0 Å². The van der Waals surface area contributed by atoms with Crippen LogP contribution in [0.25, 0.3) is 0 Å². The lowest BCUT2D eigenvalue weighted by atomic mass is 10.2. The molecule has 1 aliphatic heterocycles. The quantitative estimate of drug-likeness (QED) is 0.827. The second-order valence-electron chi connectivity index (χ2n) is 3.99. The number of pyridine rings is 1. The summed E-state index contributed by atoms with van der Waals surface area (Å²) in [5, 5.41) is 12.6. The van der Waals surface area contributed by atoms with Crippen molar-refractivity contribution < 1.29 is 9.90 Å². The van der Waals surface area contributed by atoms with Crippen molar-refractivity contribution in [2.75, 3.05) is 25.5 Å². The summed E-state index contributed by atoms with van der Waals surface area (Å²) in [6.07, 6.45) is 1.64. The lowest BCUT2D eigenvalue weighted by molar-refractivity contribution is 0.0765. The van der Waals surface area contributed by atoms with Crippen molar-refractivity contribution in [3.05, 3.63) is 22.8 Å². The number of nitrogens with zero attached hydrogens (tertiary/aromatic N) is 2. The highest BCUT2D eigenvalue weighted by atomic mass is 35.5. The van der Waals surface area contributed by atoms with Crippen LogP contribution in [0, 0.1) is 0 Å². The number of amides is 1. The number of aliphatic hydroxyl groups excluding tert-OH is 1. The van der Waals surface area contributed by atoms with Crippen molar-refractivity contribution in [3.8, 4) is 0 Å². The molecular weight excluding hydrogens is 242 g/mol. The SMILES string of the molecule is CNc1cc(C(=O)N2CCC(O)C2)c(Cl)cn1. The van der Waals surface area contributed by atoms with E-state index in [0.29, 0.717) is 35.9 Å². The number of aromatic nitrogens is 1. The Balaban J connectivity index is 2.24. The maximum Gasteiger partial charge on any atom is 0.255 e. The number of carbonyl (C=O) groups is 1. The number of rotatable bonds is 2. The van der Waals surface area contributed by atoms with Crippen LogP contribution in [0.5, 0.6) is 0 Å². The zero-order chi connectivity index (χ0) is 12.4. The summed E-state index contributed by atoms with van der Waals surface area (Å²) in [5.41, 5.74) is 0.417. The lowest BCUT2D eigenvalue weighted by Crippen LogP contribution is -2.29. The summed E-state index contributed by atoms with van der Waals surface area (Å²) in [6.45, 7) is 0.930. The van der Waals surface area contributed by atoms with Gasteiger partial charge in [-0.05, 0) is 12.5 Å².